The molecule has 0 heterocycles. The van der Waals surface area contributed by atoms with E-state index in [0.717, 1.165) is 12.8 Å². The van der Waals surface area contributed by atoms with Crippen LogP contribution in [0, 0.1) is 45.8 Å². The molecule has 478 valence electrons. The van der Waals surface area contributed by atoms with Gasteiger partial charge >= 0.3 is 0 Å². The molecule has 1 aliphatic rings. The summed E-state index contributed by atoms with van der Waals surface area (Å²) in [5.41, 5.74) is -2.08. The number of aliphatic hydroxyl groups is 26. The van der Waals surface area contributed by atoms with Crippen LogP contribution in [0.1, 0.15) is 111 Å². The smallest absolute Gasteiger partial charge is 0.0627 e. The lowest BCUT2D eigenvalue weighted by Gasteiger charge is -2.25. The van der Waals surface area contributed by atoms with Gasteiger partial charge in [0.25, 0.3) is 0 Å². The van der Waals surface area contributed by atoms with Crippen LogP contribution in [0.4, 0.5) is 0 Å². The van der Waals surface area contributed by atoms with Gasteiger partial charge < -0.3 is 133 Å². The molecule has 26 nitrogen and oxygen atoms in total. The second kappa shape index (κ2) is 69.2. The molecular formula is C51H118O26. The molecule has 26 heteroatoms. The maximum atomic E-state index is 8.93. The lowest BCUT2D eigenvalue weighted by atomic mass is 9.85. The Kier molecular flexibility index (Phi) is 83.1. The topological polar surface area (TPSA) is 526 Å². The maximum Gasteiger partial charge on any atom is 0.0627 e. The minimum absolute atomic E-state index is 0.0219. The minimum atomic E-state index is -1.11. The Morgan fingerprint density at radius 1 is 0.312 bits per heavy atom. The molecule has 0 spiro atoms. The maximum absolute atomic E-state index is 8.93. The average molecular weight is 1150 g/mol. The van der Waals surface area contributed by atoms with Crippen LogP contribution < -0.4 is 0 Å². The lowest BCUT2D eigenvalue weighted by Crippen LogP contribution is -2.37. The quantitative estimate of drug-likeness (QED) is 0.0291. The van der Waals surface area contributed by atoms with Crippen molar-refractivity contribution < 1.29 is 133 Å². The first-order chi connectivity index (χ1) is 36.5. The summed E-state index contributed by atoms with van der Waals surface area (Å²) in [6.07, 6.45) is 6.21. The standard InChI is InChI=1S/2C7H16O3.C6H12O3.2C6H14O3.C6H14O2.C5H12O4.C4H10O3.C4H10O2/c1-7(6-10,2-4-8)3-5-9;8-4-1-7(2-5-9)3-6-10;7-4-1-5(8)3-6(9)2-4;7-3-1-6(5-9)2-4-8;1-2-6(3-7,4-8)5-9;1-6(2-4-7)3-5-8;6-1-5(2-7,3-8)4-9;5-1-4(2-6)3-7;1-4(2-5)3-6/h8-10H,2-6H2,1H3;7-10H,1-6H2;4-9H,1-3H2;6-9H,1-5H2;7-9H,2-5H2,1H3;6-8H,2-5H2,1H3;6-9H,1-4H2;4-7H,1-3H2;4-6H,2-3H2,1H3. The number of hydrogen-bond donors (Lipinski definition) is 26. The van der Waals surface area contributed by atoms with Crippen molar-refractivity contribution in [3.63, 3.8) is 0 Å². The zero-order valence-corrected chi connectivity index (χ0v) is 47.2. The van der Waals surface area contributed by atoms with Crippen LogP contribution in [0.15, 0.2) is 0 Å². The predicted molar refractivity (Wildman–Crippen MR) is 288 cm³/mol. The minimum Gasteiger partial charge on any atom is -0.396 e. The monoisotopic (exact) mass is 1150 g/mol. The highest BCUT2D eigenvalue weighted by molar-refractivity contribution is 4.77. The van der Waals surface area contributed by atoms with Crippen molar-refractivity contribution in [2.24, 2.45) is 45.8 Å². The van der Waals surface area contributed by atoms with Gasteiger partial charge in [0.1, 0.15) is 0 Å². The Bertz CT molecular complexity index is 912. The van der Waals surface area contributed by atoms with Crippen LogP contribution in [0.5, 0.6) is 0 Å². The van der Waals surface area contributed by atoms with Gasteiger partial charge in [0.05, 0.1) is 89.8 Å². The highest BCUT2D eigenvalue weighted by Gasteiger charge is 2.27. The van der Waals surface area contributed by atoms with Crippen molar-refractivity contribution >= 4 is 0 Å². The lowest BCUT2D eigenvalue weighted by molar-refractivity contribution is -0.0328. The van der Waals surface area contributed by atoms with Crippen LogP contribution in [-0.2, 0) is 0 Å². The summed E-state index contributed by atoms with van der Waals surface area (Å²) < 4.78 is 0. The van der Waals surface area contributed by atoms with Crippen molar-refractivity contribution in [3.8, 4) is 0 Å². The van der Waals surface area contributed by atoms with E-state index in [1.165, 1.54) is 0 Å². The third-order valence-corrected chi connectivity index (χ3v) is 12.1. The van der Waals surface area contributed by atoms with Gasteiger partial charge in [-0.2, -0.15) is 0 Å². The highest BCUT2D eigenvalue weighted by atomic mass is 16.3. The van der Waals surface area contributed by atoms with Gasteiger partial charge in [-0.25, -0.2) is 0 Å². The van der Waals surface area contributed by atoms with Crippen molar-refractivity contribution in [2.75, 3.05) is 152 Å². The third-order valence-electron chi connectivity index (χ3n) is 12.1. The van der Waals surface area contributed by atoms with Gasteiger partial charge in [0.2, 0.25) is 0 Å². The molecular weight excluding hydrogens is 1030 g/mol. The fourth-order valence-electron chi connectivity index (χ4n) is 5.33. The van der Waals surface area contributed by atoms with Gasteiger partial charge in [0, 0.05) is 103 Å². The number of aliphatic hydroxyl groups excluding tert-OH is 26. The van der Waals surface area contributed by atoms with E-state index < -0.39 is 55.6 Å². The predicted octanol–water partition coefficient (Wildman–Crippen LogP) is -6.01. The molecule has 0 unspecified atom stereocenters. The van der Waals surface area contributed by atoms with Gasteiger partial charge in [-0.3, -0.25) is 0 Å². The molecule has 0 aromatic rings. The van der Waals surface area contributed by atoms with E-state index in [2.05, 4.69) is 0 Å². The van der Waals surface area contributed by atoms with Crippen molar-refractivity contribution in [1.29, 1.82) is 0 Å². The molecule has 1 fully saturated rings. The molecule has 1 rings (SSSR count). The van der Waals surface area contributed by atoms with Crippen LogP contribution in [0.25, 0.3) is 0 Å². The summed E-state index contributed by atoms with van der Waals surface area (Å²) in [5.74, 6) is 0.509. The second-order valence-electron chi connectivity index (χ2n) is 19.5. The Balaban J connectivity index is -0.000000116. The SMILES string of the molecule is CC(CCO)CCO.CC(CO)(CCO)CCO.CC(CO)CO.CCC(CO)(CO)CO.OC1CC(O)CC(O)C1.OCC(CO)(CO)CO.OCC(CO)CO.OCCC(CCO)CCO.OCCC(CO)CCO. The van der Waals surface area contributed by atoms with Crippen LogP contribution in [0.3, 0.4) is 0 Å². The highest BCUT2D eigenvalue weighted by Crippen LogP contribution is 2.24. The second-order valence-corrected chi connectivity index (χ2v) is 19.5. The van der Waals surface area contributed by atoms with Crippen molar-refractivity contribution in [2.45, 2.75) is 129 Å². The van der Waals surface area contributed by atoms with E-state index in [9.17, 15) is 0 Å². The molecule has 1 aliphatic carbocycles. The zero-order valence-electron chi connectivity index (χ0n) is 47.2. The summed E-state index contributed by atoms with van der Waals surface area (Å²) in [5, 5.41) is 221. The molecule has 1 saturated carbocycles. The van der Waals surface area contributed by atoms with E-state index in [-0.39, 0.29) is 155 Å². The first kappa shape index (κ1) is 92.4. The number of rotatable bonds is 33. The van der Waals surface area contributed by atoms with Crippen molar-refractivity contribution in [1.82, 2.24) is 0 Å². The molecule has 0 saturated heterocycles. The molecule has 0 aliphatic heterocycles. The van der Waals surface area contributed by atoms with Crippen LogP contribution in [0.2, 0.25) is 0 Å². The fourth-order valence-corrected chi connectivity index (χ4v) is 5.33. The van der Waals surface area contributed by atoms with E-state index >= 15 is 0 Å². The molecule has 0 aromatic carbocycles. The first-order valence-corrected chi connectivity index (χ1v) is 26.6. The Hall–Kier alpha value is -1.04. The molecule has 0 aromatic heterocycles. The summed E-state index contributed by atoms with van der Waals surface area (Å²) in [7, 11) is 0. The van der Waals surface area contributed by atoms with Gasteiger partial charge in [-0.1, -0.05) is 27.7 Å². The van der Waals surface area contributed by atoms with E-state index in [1.54, 1.807) is 6.92 Å². The molecule has 0 amide bonds. The largest absolute Gasteiger partial charge is 0.396 e. The molecule has 0 bridgehead atoms. The summed E-state index contributed by atoms with van der Waals surface area (Å²) in [6, 6.07) is 0. The first-order valence-electron chi connectivity index (χ1n) is 26.6. The van der Waals surface area contributed by atoms with E-state index in [4.69, 9.17) is 133 Å². The van der Waals surface area contributed by atoms with Crippen LogP contribution in [-0.4, -0.2) is 303 Å². The Labute approximate surface area is 459 Å². The summed E-state index contributed by atoms with van der Waals surface area (Å²) >= 11 is 0. The molecule has 0 radical (unpaired) electrons. The van der Waals surface area contributed by atoms with Gasteiger partial charge in [0.15, 0.2) is 0 Å². The molecule has 26 N–H and O–H groups in total. The Morgan fingerprint density at radius 2 is 0.571 bits per heavy atom. The third kappa shape index (κ3) is 64.0. The normalized spacial score (nSPS) is 15.1. The Morgan fingerprint density at radius 3 is 0.701 bits per heavy atom. The van der Waals surface area contributed by atoms with E-state index in [1.807, 2.05) is 20.8 Å². The fraction of sp³-hybridized carbons (Fsp3) is 1.00. The summed E-state index contributed by atoms with van der Waals surface area (Å²) in [4.78, 5) is 0. The molecule has 77 heavy (non-hydrogen) atoms. The zero-order chi connectivity index (χ0) is 61.6. The van der Waals surface area contributed by atoms with E-state index in [0.29, 0.717) is 76.5 Å². The number of hydrogen-bond acceptors (Lipinski definition) is 26. The van der Waals surface area contributed by atoms with Gasteiger partial charge in [-0.15, -0.1) is 0 Å². The van der Waals surface area contributed by atoms with Crippen molar-refractivity contribution in [3.05, 3.63) is 0 Å². The molecule has 0 atom stereocenters. The summed E-state index contributed by atoms with van der Waals surface area (Å²) in [6.45, 7) is 6.39. The van der Waals surface area contributed by atoms with Gasteiger partial charge in [-0.05, 0) is 107 Å². The average Bonchev–Trinajstić information content (AvgIpc) is 3.42. The van der Waals surface area contributed by atoms with Crippen LogP contribution >= 0.6 is 0 Å².